The molecule has 6 nitrogen and oxygen atoms in total. The van der Waals surface area contributed by atoms with Crippen LogP contribution >= 0.6 is 0 Å². The zero-order chi connectivity index (χ0) is 15.3. The number of amides is 4. The fourth-order valence-corrected chi connectivity index (χ4v) is 2.82. The summed E-state index contributed by atoms with van der Waals surface area (Å²) in [6.07, 6.45) is 0.302. The number of nitrogens with zero attached hydrogens (tertiary/aromatic N) is 1. The summed E-state index contributed by atoms with van der Waals surface area (Å²) in [5.74, 6) is -1.88. The number of fused-ring (bicyclic) bond motifs is 1. The number of hydrogen-bond acceptors (Lipinski definition) is 4. The maximum Gasteiger partial charge on any atom is 0.262 e. The van der Waals surface area contributed by atoms with E-state index in [0.717, 1.165) is 16.0 Å². The molecule has 2 aliphatic rings. The number of aryl methyl sites for hydroxylation is 1. The Morgan fingerprint density at radius 1 is 1.10 bits per heavy atom. The molecule has 0 aliphatic carbocycles. The summed E-state index contributed by atoms with van der Waals surface area (Å²) in [4.78, 5) is 49.1. The first-order valence-corrected chi connectivity index (χ1v) is 6.73. The van der Waals surface area contributed by atoms with Gasteiger partial charge in [-0.15, -0.1) is 0 Å². The Bertz CT molecular complexity index is 708. The maximum atomic E-state index is 12.5. The second kappa shape index (κ2) is 4.51. The molecule has 1 aromatic carbocycles. The maximum absolute atomic E-state index is 12.5. The molecule has 1 atom stereocenters. The largest absolute Gasteiger partial charge is 0.295 e. The average molecular weight is 286 g/mol. The number of piperidine rings is 1. The molecule has 1 unspecified atom stereocenters. The molecule has 21 heavy (non-hydrogen) atoms. The van der Waals surface area contributed by atoms with Crippen molar-refractivity contribution in [2.45, 2.75) is 32.7 Å². The van der Waals surface area contributed by atoms with Crippen molar-refractivity contribution >= 4 is 23.6 Å². The van der Waals surface area contributed by atoms with Crippen LogP contribution in [0.4, 0.5) is 0 Å². The highest BCUT2D eigenvalue weighted by Gasteiger charge is 2.45. The zero-order valence-corrected chi connectivity index (χ0v) is 11.7. The van der Waals surface area contributed by atoms with Gasteiger partial charge in [0.25, 0.3) is 11.8 Å². The van der Waals surface area contributed by atoms with E-state index in [4.69, 9.17) is 0 Å². The second-order valence-corrected chi connectivity index (χ2v) is 5.38. The van der Waals surface area contributed by atoms with Gasteiger partial charge in [0, 0.05) is 6.42 Å². The molecule has 6 heteroatoms. The zero-order valence-electron chi connectivity index (χ0n) is 11.7. The standard InChI is InChI=1S/C15H14N2O4/c1-7-3-4-9-12(8(7)2)15(21)17(14(9)20)10-5-6-11(18)16-13(10)19/h3-4,10H,5-6H2,1-2H3,(H,16,18,19). The lowest BCUT2D eigenvalue weighted by molar-refractivity contribution is -0.136. The minimum Gasteiger partial charge on any atom is -0.295 e. The average Bonchev–Trinajstić information content (AvgIpc) is 2.67. The van der Waals surface area contributed by atoms with Crippen molar-refractivity contribution in [2.24, 2.45) is 0 Å². The fourth-order valence-electron chi connectivity index (χ4n) is 2.82. The summed E-state index contributed by atoms with van der Waals surface area (Å²) in [7, 11) is 0. The van der Waals surface area contributed by atoms with E-state index in [9.17, 15) is 19.2 Å². The molecule has 1 fully saturated rings. The summed E-state index contributed by atoms with van der Waals surface area (Å²) in [5.41, 5.74) is 2.36. The molecule has 3 rings (SSSR count). The minimum atomic E-state index is -0.908. The van der Waals surface area contributed by atoms with Crippen molar-refractivity contribution in [3.05, 3.63) is 34.4 Å². The summed E-state index contributed by atoms with van der Waals surface area (Å²) in [6, 6.07) is 2.49. The molecule has 0 saturated carbocycles. The number of imide groups is 2. The van der Waals surface area contributed by atoms with Gasteiger partial charge >= 0.3 is 0 Å². The van der Waals surface area contributed by atoms with E-state index < -0.39 is 23.8 Å². The summed E-state index contributed by atoms with van der Waals surface area (Å²) >= 11 is 0. The normalized spacial score (nSPS) is 21.6. The molecule has 0 bridgehead atoms. The third kappa shape index (κ3) is 1.86. The van der Waals surface area contributed by atoms with Crippen LogP contribution in [0.3, 0.4) is 0 Å². The summed E-state index contributed by atoms with van der Waals surface area (Å²) in [6.45, 7) is 3.65. The molecule has 4 amide bonds. The van der Waals surface area contributed by atoms with Gasteiger partial charge in [-0.3, -0.25) is 29.4 Å². The minimum absolute atomic E-state index is 0.127. The van der Waals surface area contributed by atoms with E-state index in [2.05, 4.69) is 5.32 Å². The van der Waals surface area contributed by atoms with Gasteiger partial charge in [-0.2, -0.15) is 0 Å². The molecule has 1 N–H and O–H groups in total. The summed E-state index contributed by atoms with van der Waals surface area (Å²) in [5, 5.41) is 2.18. The number of carbonyl (C=O) groups excluding carboxylic acids is 4. The van der Waals surface area contributed by atoms with Crippen LogP contribution in [-0.2, 0) is 9.59 Å². The van der Waals surface area contributed by atoms with Crippen LogP contribution in [0.15, 0.2) is 12.1 Å². The fraction of sp³-hybridized carbons (Fsp3) is 0.333. The Labute approximate surface area is 121 Å². The van der Waals surface area contributed by atoms with Gasteiger partial charge in [0.15, 0.2) is 0 Å². The quantitative estimate of drug-likeness (QED) is 0.770. The van der Waals surface area contributed by atoms with E-state index >= 15 is 0 Å². The highest BCUT2D eigenvalue weighted by atomic mass is 16.2. The van der Waals surface area contributed by atoms with Crippen LogP contribution in [0.2, 0.25) is 0 Å². The van der Waals surface area contributed by atoms with E-state index in [1.165, 1.54) is 0 Å². The van der Waals surface area contributed by atoms with Crippen molar-refractivity contribution in [3.63, 3.8) is 0 Å². The third-order valence-electron chi connectivity index (χ3n) is 4.14. The number of carbonyl (C=O) groups is 4. The van der Waals surface area contributed by atoms with Crippen LogP contribution in [0, 0.1) is 13.8 Å². The van der Waals surface area contributed by atoms with Gasteiger partial charge in [-0.05, 0) is 37.5 Å². The molecular weight excluding hydrogens is 272 g/mol. The van der Waals surface area contributed by atoms with Crippen LogP contribution < -0.4 is 5.32 Å². The highest BCUT2D eigenvalue weighted by molar-refractivity contribution is 6.24. The Morgan fingerprint density at radius 2 is 1.81 bits per heavy atom. The van der Waals surface area contributed by atoms with Crippen LogP contribution in [-0.4, -0.2) is 34.6 Å². The van der Waals surface area contributed by atoms with E-state index in [1.807, 2.05) is 6.92 Å². The Morgan fingerprint density at radius 3 is 2.48 bits per heavy atom. The van der Waals surface area contributed by atoms with Gasteiger partial charge in [0.2, 0.25) is 11.8 Å². The Hall–Kier alpha value is -2.50. The summed E-state index contributed by atoms with van der Waals surface area (Å²) < 4.78 is 0. The van der Waals surface area contributed by atoms with Gasteiger partial charge in [0.1, 0.15) is 6.04 Å². The lowest BCUT2D eigenvalue weighted by atomic mass is 9.99. The predicted octanol–water partition coefficient (Wildman–Crippen LogP) is 0.705. The van der Waals surface area contributed by atoms with Gasteiger partial charge in [-0.25, -0.2) is 0 Å². The van der Waals surface area contributed by atoms with Crippen molar-refractivity contribution < 1.29 is 19.2 Å². The molecule has 2 aliphatic heterocycles. The molecule has 1 aromatic rings. The van der Waals surface area contributed by atoms with Crippen molar-refractivity contribution in [3.8, 4) is 0 Å². The first-order chi connectivity index (χ1) is 9.91. The lowest BCUT2D eigenvalue weighted by Gasteiger charge is -2.27. The number of benzene rings is 1. The molecule has 0 aromatic heterocycles. The first-order valence-electron chi connectivity index (χ1n) is 6.73. The second-order valence-electron chi connectivity index (χ2n) is 5.38. The molecule has 2 heterocycles. The van der Waals surface area contributed by atoms with Gasteiger partial charge < -0.3 is 0 Å². The van der Waals surface area contributed by atoms with E-state index in [0.29, 0.717) is 11.1 Å². The topological polar surface area (TPSA) is 83.6 Å². The molecule has 108 valence electrons. The van der Waals surface area contributed by atoms with Crippen LogP contribution in [0.25, 0.3) is 0 Å². The predicted molar refractivity (Wildman–Crippen MR) is 72.6 cm³/mol. The smallest absolute Gasteiger partial charge is 0.262 e. The lowest BCUT2D eigenvalue weighted by Crippen LogP contribution is -2.54. The van der Waals surface area contributed by atoms with Crippen molar-refractivity contribution in [1.82, 2.24) is 10.2 Å². The van der Waals surface area contributed by atoms with Crippen LogP contribution in [0.5, 0.6) is 0 Å². The number of rotatable bonds is 1. The van der Waals surface area contributed by atoms with Gasteiger partial charge in [-0.1, -0.05) is 6.07 Å². The van der Waals surface area contributed by atoms with Crippen molar-refractivity contribution in [2.75, 3.05) is 0 Å². The highest BCUT2D eigenvalue weighted by Crippen LogP contribution is 2.30. The van der Waals surface area contributed by atoms with E-state index in [-0.39, 0.29) is 18.7 Å². The Kier molecular flexibility index (Phi) is 2.90. The van der Waals surface area contributed by atoms with Gasteiger partial charge in [0.05, 0.1) is 11.1 Å². The molecule has 1 saturated heterocycles. The van der Waals surface area contributed by atoms with Crippen LogP contribution in [0.1, 0.15) is 44.7 Å². The monoisotopic (exact) mass is 286 g/mol. The molecule has 0 spiro atoms. The van der Waals surface area contributed by atoms with E-state index in [1.54, 1.807) is 19.1 Å². The number of hydrogen-bond donors (Lipinski definition) is 1. The molecule has 0 radical (unpaired) electrons. The first kappa shape index (κ1) is 13.5. The van der Waals surface area contributed by atoms with Crippen molar-refractivity contribution in [1.29, 1.82) is 0 Å². The third-order valence-corrected chi connectivity index (χ3v) is 4.14. The number of nitrogens with one attached hydrogen (secondary N) is 1. The SMILES string of the molecule is Cc1ccc2c(c1C)C(=O)N(C1CCC(=O)NC1=O)C2=O. The Balaban J connectivity index is 2.02. The molecular formula is C15H14N2O4.